The quantitative estimate of drug-likeness (QED) is 0.747. The number of benzene rings is 1. The van der Waals surface area contributed by atoms with Gasteiger partial charge in [-0.05, 0) is 20.0 Å². The lowest BCUT2D eigenvalue weighted by Gasteiger charge is -2.21. The van der Waals surface area contributed by atoms with Crippen LogP contribution in [0.4, 0.5) is 0 Å². The lowest BCUT2D eigenvalue weighted by molar-refractivity contribution is -0.137. The number of carboxylic acids is 1. The molecule has 2 N–H and O–H groups in total. The van der Waals surface area contributed by atoms with Gasteiger partial charge >= 0.3 is 5.97 Å². The molecule has 0 radical (unpaired) electrons. The molecule has 0 aromatic heterocycles. The van der Waals surface area contributed by atoms with E-state index in [1.165, 1.54) is 0 Å². The second-order valence-electron chi connectivity index (χ2n) is 4.39. The van der Waals surface area contributed by atoms with E-state index in [0.717, 1.165) is 5.56 Å². The highest BCUT2D eigenvalue weighted by atomic mass is 16.5. The first kappa shape index (κ1) is 15.5. The van der Waals surface area contributed by atoms with Crippen LogP contribution in [0.5, 0.6) is 5.75 Å². The number of aliphatic hydroxyl groups is 1. The Morgan fingerprint density at radius 2 is 2.11 bits per heavy atom. The third kappa shape index (κ3) is 5.28. The maximum absolute atomic E-state index is 10.5. The molecule has 0 amide bonds. The molecule has 19 heavy (non-hydrogen) atoms. The van der Waals surface area contributed by atoms with Crippen LogP contribution in [0.3, 0.4) is 0 Å². The number of nitrogens with zero attached hydrogens (tertiary/aromatic N) is 1. The van der Waals surface area contributed by atoms with Gasteiger partial charge in [0.15, 0.2) is 0 Å². The summed E-state index contributed by atoms with van der Waals surface area (Å²) in [5.74, 6) is -0.166. The highest BCUT2D eigenvalue weighted by Crippen LogP contribution is 2.25. The summed E-state index contributed by atoms with van der Waals surface area (Å²) in [6.07, 6.45) is -0.627. The number of likely N-dealkylation sites (N-methyl/N-ethyl adjacent to an activating group) is 1. The smallest absolute Gasteiger partial charge is 0.304 e. The number of aliphatic carboxylic acids is 1. The number of carboxylic acid groups (broad SMARTS) is 1. The van der Waals surface area contributed by atoms with E-state index in [9.17, 15) is 9.90 Å². The molecule has 5 heteroatoms. The molecule has 0 saturated carbocycles. The fraction of sp³-hybridized carbons (Fsp3) is 0.500. The Morgan fingerprint density at radius 1 is 1.42 bits per heavy atom. The molecule has 1 aromatic rings. The molecule has 0 fully saturated rings. The van der Waals surface area contributed by atoms with E-state index in [1.807, 2.05) is 31.2 Å². The molecule has 0 heterocycles. The molecular formula is C14H21NO4. The first-order chi connectivity index (χ1) is 9.04. The molecule has 1 unspecified atom stereocenters. The van der Waals surface area contributed by atoms with Gasteiger partial charge in [0.2, 0.25) is 0 Å². The van der Waals surface area contributed by atoms with Gasteiger partial charge in [-0.15, -0.1) is 0 Å². The van der Waals surface area contributed by atoms with Crippen LogP contribution in [0.25, 0.3) is 0 Å². The normalized spacial score (nSPS) is 12.4. The highest BCUT2D eigenvalue weighted by molar-refractivity contribution is 5.66. The summed E-state index contributed by atoms with van der Waals surface area (Å²) >= 11 is 0. The van der Waals surface area contributed by atoms with E-state index in [2.05, 4.69) is 0 Å². The number of aliphatic hydroxyl groups excluding tert-OH is 1. The van der Waals surface area contributed by atoms with Gasteiger partial charge in [0.05, 0.1) is 19.1 Å². The minimum absolute atomic E-state index is 0.0658. The van der Waals surface area contributed by atoms with Gasteiger partial charge in [0.25, 0.3) is 0 Å². The van der Waals surface area contributed by atoms with Crippen LogP contribution >= 0.6 is 0 Å². The summed E-state index contributed by atoms with van der Waals surface area (Å²) in [5, 5.41) is 18.8. The van der Waals surface area contributed by atoms with E-state index in [1.54, 1.807) is 11.9 Å². The Morgan fingerprint density at radius 3 is 2.74 bits per heavy atom. The van der Waals surface area contributed by atoms with Gasteiger partial charge in [-0.2, -0.15) is 0 Å². The lowest BCUT2D eigenvalue weighted by atomic mass is 10.1. The maximum Gasteiger partial charge on any atom is 0.304 e. The number of hydrogen-bond acceptors (Lipinski definition) is 4. The van der Waals surface area contributed by atoms with Crippen LogP contribution in [-0.2, 0) is 4.79 Å². The third-order valence-electron chi connectivity index (χ3n) is 2.77. The fourth-order valence-corrected chi connectivity index (χ4v) is 1.81. The summed E-state index contributed by atoms with van der Waals surface area (Å²) < 4.78 is 5.47. The molecular weight excluding hydrogens is 246 g/mol. The molecule has 0 aliphatic carbocycles. The van der Waals surface area contributed by atoms with Gasteiger partial charge in [-0.1, -0.05) is 18.2 Å². The van der Waals surface area contributed by atoms with Crippen molar-refractivity contribution in [2.24, 2.45) is 0 Å². The second-order valence-corrected chi connectivity index (χ2v) is 4.39. The Labute approximate surface area is 113 Å². The van der Waals surface area contributed by atoms with Crippen molar-refractivity contribution in [2.75, 3.05) is 26.7 Å². The lowest BCUT2D eigenvalue weighted by Crippen LogP contribution is -2.27. The molecule has 0 spiro atoms. The van der Waals surface area contributed by atoms with Crippen LogP contribution in [0.1, 0.15) is 25.0 Å². The summed E-state index contributed by atoms with van der Waals surface area (Å²) in [6.45, 7) is 3.21. The van der Waals surface area contributed by atoms with Gasteiger partial charge in [-0.3, -0.25) is 4.79 Å². The summed E-state index contributed by atoms with van der Waals surface area (Å²) in [4.78, 5) is 12.3. The topological polar surface area (TPSA) is 70.0 Å². The van der Waals surface area contributed by atoms with Crippen LogP contribution in [-0.4, -0.2) is 47.8 Å². The van der Waals surface area contributed by atoms with Crippen molar-refractivity contribution >= 4 is 5.97 Å². The molecule has 0 aliphatic rings. The number of hydrogen-bond donors (Lipinski definition) is 2. The van der Waals surface area contributed by atoms with Gasteiger partial charge < -0.3 is 19.8 Å². The second kappa shape index (κ2) is 7.76. The summed E-state index contributed by atoms with van der Waals surface area (Å²) in [5.41, 5.74) is 0.728. The molecule has 5 nitrogen and oxygen atoms in total. The molecule has 1 rings (SSSR count). The first-order valence-corrected chi connectivity index (χ1v) is 6.34. The minimum Gasteiger partial charge on any atom is -0.493 e. The predicted octanol–water partition coefficient (Wildman–Crippen LogP) is 1.53. The zero-order valence-corrected chi connectivity index (χ0v) is 11.4. The van der Waals surface area contributed by atoms with Crippen molar-refractivity contribution in [1.29, 1.82) is 0 Å². The summed E-state index contributed by atoms with van der Waals surface area (Å²) in [7, 11) is 1.79. The van der Waals surface area contributed by atoms with Crippen LogP contribution in [0, 0.1) is 0 Å². The van der Waals surface area contributed by atoms with Crippen LogP contribution in [0.2, 0.25) is 0 Å². The monoisotopic (exact) mass is 267 g/mol. The Kier molecular flexibility index (Phi) is 6.32. The molecule has 0 bridgehead atoms. The van der Waals surface area contributed by atoms with E-state index >= 15 is 0 Å². The largest absolute Gasteiger partial charge is 0.493 e. The van der Waals surface area contributed by atoms with E-state index in [0.29, 0.717) is 25.4 Å². The van der Waals surface area contributed by atoms with Crippen LogP contribution in [0.15, 0.2) is 24.3 Å². The Balaban J connectivity index is 2.61. The Hall–Kier alpha value is -1.59. The minimum atomic E-state index is -0.837. The highest BCUT2D eigenvalue weighted by Gasteiger charge is 2.15. The van der Waals surface area contributed by atoms with Crippen molar-refractivity contribution in [3.05, 3.63) is 29.8 Å². The summed E-state index contributed by atoms with van der Waals surface area (Å²) in [6, 6.07) is 7.34. The average molecular weight is 267 g/mol. The van der Waals surface area contributed by atoms with Crippen molar-refractivity contribution in [3.8, 4) is 5.75 Å². The maximum atomic E-state index is 10.5. The SMILES string of the molecule is CCOc1ccccc1C(O)CN(C)CCC(=O)O. The fourth-order valence-electron chi connectivity index (χ4n) is 1.81. The average Bonchev–Trinajstić information content (AvgIpc) is 2.37. The number of ether oxygens (including phenoxy) is 1. The third-order valence-corrected chi connectivity index (χ3v) is 2.77. The van der Waals surface area contributed by atoms with E-state index in [4.69, 9.17) is 9.84 Å². The number of rotatable bonds is 8. The molecule has 0 aliphatic heterocycles. The predicted molar refractivity (Wildman–Crippen MR) is 72.3 cm³/mol. The van der Waals surface area contributed by atoms with Crippen molar-refractivity contribution < 1.29 is 19.7 Å². The zero-order chi connectivity index (χ0) is 14.3. The molecule has 106 valence electrons. The number of carbonyl (C=O) groups is 1. The first-order valence-electron chi connectivity index (χ1n) is 6.34. The van der Waals surface area contributed by atoms with E-state index < -0.39 is 12.1 Å². The molecule has 0 saturated heterocycles. The van der Waals surface area contributed by atoms with Crippen molar-refractivity contribution in [3.63, 3.8) is 0 Å². The molecule has 1 aromatic carbocycles. The standard InChI is InChI=1S/C14H21NO4/c1-3-19-13-7-5-4-6-11(13)12(16)10-15(2)9-8-14(17)18/h4-7,12,16H,3,8-10H2,1-2H3,(H,17,18). The number of para-hydroxylation sites is 1. The van der Waals surface area contributed by atoms with E-state index in [-0.39, 0.29) is 6.42 Å². The van der Waals surface area contributed by atoms with Gasteiger partial charge in [0.1, 0.15) is 5.75 Å². The zero-order valence-electron chi connectivity index (χ0n) is 11.4. The van der Waals surface area contributed by atoms with Crippen LogP contribution < -0.4 is 4.74 Å². The molecule has 1 atom stereocenters. The van der Waals surface area contributed by atoms with Crippen molar-refractivity contribution in [1.82, 2.24) is 4.90 Å². The van der Waals surface area contributed by atoms with Gasteiger partial charge in [-0.25, -0.2) is 0 Å². The van der Waals surface area contributed by atoms with Crippen molar-refractivity contribution in [2.45, 2.75) is 19.4 Å². The van der Waals surface area contributed by atoms with Gasteiger partial charge in [0, 0.05) is 18.7 Å². The Bertz CT molecular complexity index is 408.